The summed E-state index contributed by atoms with van der Waals surface area (Å²) in [5.41, 5.74) is 4.53. The van der Waals surface area contributed by atoms with Gasteiger partial charge >= 0.3 is 0 Å². The number of likely N-dealkylation sites (tertiary alicyclic amines) is 1. The van der Waals surface area contributed by atoms with Gasteiger partial charge in [0, 0.05) is 38.3 Å². The molecule has 1 saturated heterocycles. The number of imidazole rings is 1. The van der Waals surface area contributed by atoms with Crippen molar-refractivity contribution in [1.82, 2.24) is 24.6 Å². The second-order valence-corrected chi connectivity index (χ2v) is 9.51. The molecule has 0 bridgehead atoms. The quantitative estimate of drug-likeness (QED) is 0.410. The standard InChI is InChI=1S/C25H30N6OS/c1-30-22-6-4-3-5-21(22)27-25(30)26-20-12-15-31(16-13-20)14-11-18-7-9-19(10-8-18)24-28-23(17-33-2)29-32-24/h3-10,20H,11-17H2,1-2H3,(H,26,27). The summed E-state index contributed by atoms with van der Waals surface area (Å²) in [6, 6.07) is 17.3. The van der Waals surface area contributed by atoms with Gasteiger partial charge in [0.2, 0.25) is 5.95 Å². The van der Waals surface area contributed by atoms with E-state index in [4.69, 9.17) is 9.51 Å². The summed E-state index contributed by atoms with van der Waals surface area (Å²) < 4.78 is 7.54. The van der Waals surface area contributed by atoms with Crippen molar-refractivity contribution in [2.75, 3.05) is 31.2 Å². The zero-order valence-electron chi connectivity index (χ0n) is 19.2. The number of piperidine rings is 1. The lowest BCUT2D eigenvalue weighted by molar-refractivity contribution is 0.221. The lowest BCUT2D eigenvalue weighted by Gasteiger charge is -2.32. The first-order valence-corrected chi connectivity index (χ1v) is 12.9. The Bertz CT molecular complexity index is 1190. The zero-order chi connectivity index (χ0) is 22.6. The first kappa shape index (κ1) is 22.0. The van der Waals surface area contributed by atoms with Gasteiger partial charge in [0.05, 0.1) is 16.8 Å². The van der Waals surface area contributed by atoms with Crippen LogP contribution >= 0.6 is 11.8 Å². The summed E-state index contributed by atoms with van der Waals surface area (Å²) in [5.74, 6) is 3.08. The number of aryl methyl sites for hydroxylation is 1. The van der Waals surface area contributed by atoms with Gasteiger partial charge in [-0.25, -0.2) is 4.98 Å². The zero-order valence-corrected chi connectivity index (χ0v) is 20.0. The van der Waals surface area contributed by atoms with Crippen LogP contribution in [0.15, 0.2) is 53.1 Å². The van der Waals surface area contributed by atoms with Crippen molar-refractivity contribution < 1.29 is 4.52 Å². The molecule has 0 atom stereocenters. The molecule has 5 rings (SSSR count). The monoisotopic (exact) mass is 462 g/mol. The topological polar surface area (TPSA) is 72.0 Å². The Hall–Kier alpha value is -2.84. The van der Waals surface area contributed by atoms with Crippen LogP contribution in [0.5, 0.6) is 0 Å². The SMILES string of the molecule is CSCc1noc(-c2ccc(CCN3CCC(Nc4nc5ccccc5n4C)CC3)cc2)n1. The van der Waals surface area contributed by atoms with Gasteiger partial charge in [-0.2, -0.15) is 16.7 Å². The van der Waals surface area contributed by atoms with E-state index in [1.165, 1.54) is 11.1 Å². The van der Waals surface area contributed by atoms with Gasteiger partial charge in [-0.3, -0.25) is 0 Å². The lowest BCUT2D eigenvalue weighted by Crippen LogP contribution is -2.40. The Morgan fingerprint density at radius 3 is 2.61 bits per heavy atom. The van der Waals surface area contributed by atoms with Crippen LogP contribution in [-0.4, -0.2) is 56.5 Å². The van der Waals surface area contributed by atoms with Crippen molar-refractivity contribution in [3.8, 4) is 11.5 Å². The fraction of sp³-hybridized carbons (Fsp3) is 0.400. The Balaban J connectivity index is 1.10. The van der Waals surface area contributed by atoms with E-state index in [1.807, 2.05) is 12.3 Å². The molecule has 172 valence electrons. The molecular weight excluding hydrogens is 432 g/mol. The third-order valence-corrected chi connectivity index (χ3v) is 6.91. The first-order chi connectivity index (χ1) is 16.2. The number of rotatable bonds is 8. The first-order valence-electron chi connectivity index (χ1n) is 11.5. The summed E-state index contributed by atoms with van der Waals surface area (Å²) in [6.07, 6.45) is 5.35. The number of anilines is 1. The average Bonchev–Trinajstić information content (AvgIpc) is 3.44. The molecule has 0 amide bonds. The highest BCUT2D eigenvalue weighted by Gasteiger charge is 2.20. The Kier molecular flexibility index (Phi) is 6.64. The predicted octanol–water partition coefficient (Wildman–Crippen LogP) is 4.61. The van der Waals surface area contributed by atoms with Crippen LogP contribution in [-0.2, 0) is 19.2 Å². The highest BCUT2D eigenvalue weighted by Crippen LogP contribution is 2.22. The molecule has 0 aliphatic carbocycles. The van der Waals surface area contributed by atoms with Gasteiger partial charge in [-0.05, 0) is 55.3 Å². The van der Waals surface area contributed by atoms with E-state index >= 15 is 0 Å². The van der Waals surface area contributed by atoms with Crippen molar-refractivity contribution >= 4 is 28.7 Å². The number of para-hydroxylation sites is 2. The predicted molar refractivity (Wildman–Crippen MR) is 134 cm³/mol. The molecule has 2 aromatic carbocycles. The molecule has 3 heterocycles. The number of nitrogens with zero attached hydrogens (tertiary/aromatic N) is 5. The molecule has 0 unspecified atom stereocenters. The molecule has 2 aromatic heterocycles. The minimum Gasteiger partial charge on any atom is -0.353 e. The Morgan fingerprint density at radius 2 is 1.85 bits per heavy atom. The number of fused-ring (bicyclic) bond motifs is 1. The summed E-state index contributed by atoms with van der Waals surface area (Å²) in [7, 11) is 2.08. The molecule has 0 saturated carbocycles. The number of aromatic nitrogens is 4. The van der Waals surface area contributed by atoms with Gasteiger partial charge < -0.3 is 19.3 Å². The van der Waals surface area contributed by atoms with Crippen LogP contribution in [0.4, 0.5) is 5.95 Å². The molecule has 33 heavy (non-hydrogen) atoms. The number of thioether (sulfide) groups is 1. The molecule has 4 aromatic rings. The largest absolute Gasteiger partial charge is 0.353 e. The Morgan fingerprint density at radius 1 is 1.06 bits per heavy atom. The molecule has 7 nitrogen and oxygen atoms in total. The minimum atomic E-state index is 0.474. The molecular formula is C25H30N6OS. The van der Waals surface area contributed by atoms with Gasteiger partial charge in [0.1, 0.15) is 0 Å². The molecule has 1 aliphatic heterocycles. The summed E-state index contributed by atoms with van der Waals surface area (Å²) in [4.78, 5) is 11.8. The lowest BCUT2D eigenvalue weighted by atomic mass is 10.0. The number of benzene rings is 2. The van der Waals surface area contributed by atoms with Crippen LogP contribution in [0.2, 0.25) is 0 Å². The maximum Gasteiger partial charge on any atom is 0.257 e. The van der Waals surface area contributed by atoms with Gasteiger partial charge in [0.25, 0.3) is 5.89 Å². The van der Waals surface area contributed by atoms with E-state index in [2.05, 4.69) is 74.4 Å². The number of nitrogens with one attached hydrogen (secondary N) is 1. The maximum absolute atomic E-state index is 5.38. The van der Waals surface area contributed by atoms with Crippen molar-refractivity contribution in [2.45, 2.75) is 31.1 Å². The maximum atomic E-state index is 5.38. The molecule has 8 heteroatoms. The molecule has 0 spiro atoms. The molecule has 0 radical (unpaired) electrons. The van der Waals surface area contributed by atoms with Crippen LogP contribution in [0.3, 0.4) is 0 Å². The summed E-state index contributed by atoms with van der Waals surface area (Å²) in [6.45, 7) is 3.30. The smallest absolute Gasteiger partial charge is 0.257 e. The van der Waals surface area contributed by atoms with Crippen molar-refractivity contribution in [2.24, 2.45) is 7.05 Å². The van der Waals surface area contributed by atoms with E-state index in [-0.39, 0.29) is 0 Å². The van der Waals surface area contributed by atoms with Gasteiger partial charge in [0.15, 0.2) is 5.82 Å². The van der Waals surface area contributed by atoms with E-state index in [0.717, 1.165) is 67.5 Å². The van der Waals surface area contributed by atoms with Crippen LogP contribution in [0, 0.1) is 0 Å². The highest BCUT2D eigenvalue weighted by atomic mass is 32.2. The number of hydrogen-bond acceptors (Lipinski definition) is 7. The van der Waals surface area contributed by atoms with Gasteiger partial charge in [-0.1, -0.05) is 29.4 Å². The van der Waals surface area contributed by atoms with Crippen molar-refractivity contribution in [1.29, 1.82) is 0 Å². The van der Waals surface area contributed by atoms with Crippen molar-refractivity contribution in [3.63, 3.8) is 0 Å². The fourth-order valence-electron chi connectivity index (χ4n) is 4.42. The van der Waals surface area contributed by atoms with Crippen LogP contribution in [0.1, 0.15) is 24.2 Å². The Labute approximate surface area is 198 Å². The minimum absolute atomic E-state index is 0.474. The average molecular weight is 463 g/mol. The van der Waals surface area contributed by atoms with E-state index in [0.29, 0.717) is 11.9 Å². The number of hydrogen-bond donors (Lipinski definition) is 1. The molecule has 1 fully saturated rings. The summed E-state index contributed by atoms with van der Waals surface area (Å²) in [5, 5.41) is 7.69. The van der Waals surface area contributed by atoms with E-state index in [1.54, 1.807) is 11.8 Å². The normalized spacial score (nSPS) is 15.3. The van der Waals surface area contributed by atoms with Crippen LogP contribution in [0.25, 0.3) is 22.5 Å². The molecule has 1 aliphatic rings. The van der Waals surface area contributed by atoms with Gasteiger partial charge in [-0.15, -0.1) is 0 Å². The fourth-order valence-corrected chi connectivity index (χ4v) is 4.79. The van der Waals surface area contributed by atoms with Crippen LogP contribution < -0.4 is 5.32 Å². The molecule has 1 N–H and O–H groups in total. The van der Waals surface area contributed by atoms with E-state index < -0.39 is 0 Å². The second kappa shape index (κ2) is 9.97. The summed E-state index contributed by atoms with van der Waals surface area (Å²) >= 11 is 1.69. The van der Waals surface area contributed by atoms with E-state index in [9.17, 15) is 0 Å². The third-order valence-electron chi connectivity index (χ3n) is 6.37. The van der Waals surface area contributed by atoms with Crippen molar-refractivity contribution in [3.05, 3.63) is 59.9 Å². The third kappa shape index (κ3) is 5.07. The highest BCUT2D eigenvalue weighted by molar-refractivity contribution is 7.97. The second-order valence-electron chi connectivity index (χ2n) is 8.64.